The number of pyridine rings is 1. The number of aromatic nitrogens is 1. The molecule has 1 aliphatic carbocycles. The topological polar surface area (TPSA) is 24.9 Å². The summed E-state index contributed by atoms with van der Waals surface area (Å²) in [5, 5.41) is 4.83. The molecule has 0 bridgehead atoms. The highest BCUT2D eigenvalue weighted by molar-refractivity contribution is 6.32. The molecule has 3 rings (SSSR count). The number of halogens is 2. The van der Waals surface area contributed by atoms with Crippen LogP contribution >= 0.6 is 23.2 Å². The summed E-state index contributed by atoms with van der Waals surface area (Å²) in [4.78, 5) is 4.16. The molecule has 20 heavy (non-hydrogen) atoms. The number of nitrogens with zero attached hydrogens (tertiary/aromatic N) is 1. The largest absolute Gasteiger partial charge is 0.380 e. The molecule has 1 N–H and O–H groups in total. The molecular formula is C16H16Cl2N2. The van der Waals surface area contributed by atoms with Crippen molar-refractivity contribution in [2.75, 3.05) is 5.32 Å². The molecule has 1 heterocycles. The SMILES string of the molecule is Cc1cnc(Cl)c(NC2CC(c3cccc(Cl)c3)C2)c1. The van der Waals surface area contributed by atoms with E-state index in [1.165, 1.54) is 5.56 Å². The zero-order chi connectivity index (χ0) is 14.1. The predicted molar refractivity (Wildman–Crippen MR) is 84.8 cm³/mol. The van der Waals surface area contributed by atoms with Gasteiger partial charge >= 0.3 is 0 Å². The number of anilines is 1. The first kappa shape index (κ1) is 13.7. The second-order valence-corrected chi connectivity index (χ2v) is 6.21. The van der Waals surface area contributed by atoms with Crippen LogP contribution < -0.4 is 5.32 Å². The molecule has 4 heteroatoms. The van der Waals surface area contributed by atoms with Gasteiger partial charge in [0.05, 0.1) is 5.69 Å². The molecule has 0 unspecified atom stereocenters. The van der Waals surface area contributed by atoms with Crippen molar-refractivity contribution in [1.29, 1.82) is 0 Å². The molecule has 1 fully saturated rings. The zero-order valence-electron chi connectivity index (χ0n) is 11.2. The third-order valence-corrected chi connectivity index (χ3v) is 4.33. The Kier molecular flexibility index (Phi) is 3.86. The number of benzene rings is 1. The predicted octanol–water partition coefficient (Wildman–Crippen LogP) is 5.05. The number of nitrogens with one attached hydrogen (secondary N) is 1. The lowest BCUT2D eigenvalue weighted by molar-refractivity contribution is 0.374. The van der Waals surface area contributed by atoms with Crippen LogP contribution in [0.2, 0.25) is 10.2 Å². The summed E-state index contributed by atoms with van der Waals surface area (Å²) in [7, 11) is 0. The molecule has 1 aromatic carbocycles. The van der Waals surface area contributed by atoms with Gasteiger partial charge in [-0.3, -0.25) is 0 Å². The molecule has 0 atom stereocenters. The highest BCUT2D eigenvalue weighted by atomic mass is 35.5. The van der Waals surface area contributed by atoms with Crippen molar-refractivity contribution >= 4 is 28.9 Å². The molecule has 1 saturated carbocycles. The van der Waals surface area contributed by atoms with Crippen LogP contribution in [0, 0.1) is 6.92 Å². The van der Waals surface area contributed by atoms with E-state index in [1.54, 1.807) is 6.20 Å². The van der Waals surface area contributed by atoms with Crippen molar-refractivity contribution in [2.24, 2.45) is 0 Å². The molecule has 1 aliphatic rings. The third-order valence-electron chi connectivity index (χ3n) is 3.79. The molecule has 0 spiro atoms. The highest BCUT2D eigenvalue weighted by Crippen LogP contribution is 2.39. The van der Waals surface area contributed by atoms with E-state index in [4.69, 9.17) is 23.2 Å². The van der Waals surface area contributed by atoms with Gasteiger partial charge in [0.2, 0.25) is 0 Å². The van der Waals surface area contributed by atoms with Gasteiger partial charge in [-0.15, -0.1) is 0 Å². The maximum absolute atomic E-state index is 6.10. The second kappa shape index (κ2) is 5.63. The Morgan fingerprint density at radius 3 is 2.75 bits per heavy atom. The highest BCUT2D eigenvalue weighted by Gasteiger charge is 2.30. The van der Waals surface area contributed by atoms with Crippen molar-refractivity contribution in [3.05, 3.63) is 57.8 Å². The van der Waals surface area contributed by atoms with Crippen LogP contribution in [0.4, 0.5) is 5.69 Å². The molecule has 0 saturated heterocycles. The Morgan fingerprint density at radius 1 is 1.20 bits per heavy atom. The number of hydrogen-bond acceptors (Lipinski definition) is 2. The summed E-state index contributed by atoms with van der Waals surface area (Å²) in [6.07, 6.45) is 3.98. The van der Waals surface area contributed by atoms with E-state index < -0.39 is 0 Å². The number of rotatable bonds is 3. The van der Waals surface area contributed by atoms with Gasteiger partial charge in [0.15, 0.2) is 5.15 Å². The first-order valence-corrected chi connectivity index (χ1v) is 7.51. The standard InChI is InChI=1S/C16H16Cl2N2/c1-10-5-15(16(18)19-9-10)20-14-7-12(8-14)11-3-2-4-13(17)6-11/h2-6,9,12,14,20H,7-8H2,1H3. The van der Waals surface area contributed by atoms with E-state index in [0.717, 1.165) is 29.1 Å². The lowest BCUT2D eigenvalue weighted by atomic mass is 9.76. The fourth-order valence-electron chi connectivity index (χ4n) is 2.64. The number of aryl methyl sites for hydroxylation is 1. The van der Waals surface area contributed by atoms with Crippen molar-refractivity contribution in [3.8, 4) is 0 Å². The monoisotopic (exact) mass is 306 g/mol. The minimum absolute atomic E-state index is 0.458. The Hall–Kier alpha value is -1.25. The lowest BCUT2D eigenvalue weighted by Crippen LogP contribution is -2.34. The molecule has 0 amide bonds. The van der Waals surface area contributed by atoms with E-state index >= 15 is 0 Å². The fraction of sp³-hybridized carbons (Fsp3) is 0.312. The van der Waals surface area contributed by atoms with Gasteiger partial charge in [0.1, 0.15) is 0 Å². The molecular weight excluding hydrogens is 291 g/mol. The molecule has 2 nitrogen and oxygen atoms in total. The van der Waals surface area contributed by atoms with Crippen molar-refractivity contribution < 1.29 is 0 Å². The maximum atomic E-state index is 6.10. The average molecular weight is 307 g/mol. The Labute approximate surface area is 129 Å². The molecule has 1 aromatic heterocycles. The summed E-state index contributed by atoms with van der Waals surface area (Å²) in [5.41, 5.74) is 3.37. The van der Waals surface area contributed by atoms with Crippen LogP contribution in [0.15, 0.2) is 36.5 Å². The van der Waals surface area contributed by atoms with Gasteiger partial charge in [0.25, 0.3) is 0 Å². The quantitative estimate of drug-likeness (QED) is 0.802. The minimum atomic E-state index is 0.458. The Balaban J connectivity index is 1.62. The van der Waals surface area contributed by atoms with Crippen molar-refractivity contribution in [1.82, 2.24) is 4.98 Å². The van der Waals surface area contributed by atoms with Gasteiger partial charge < -0.3 is 5.32 Å². The molecule has 2 aromatic rings. The van der Waals surface area contributed by atoms with E-state index in [9.17, 15) is 0 Å². The third kappa shape index (κ3) is 2.92. The molecule has 104 valence electrons. The minimum Gasteiger partial charge on any atom is -0.380 e. The van der Waals surface area contributed by atoms with Gasteiger partial charge in [-0.2, -0.15) is 0 Å². The molecule has 0 radical (unpaired) electrons. The first-order valence-electron chi connectivity index (χ1n) is 6.76. The first-order chi connectivity index (χ1) is 9.61. The number of hydrogen-bond donors (Lipinski definition) is 1. The van der Waals surface area contributed by atoms with E-state index in [-0.39, 0.29) is 0 Å². The maximum Gasteiger partial charge on any atom is 0.152 e. The summed E-state index contributed by atoms with van der Waals surface area (Å²) >= 11 is 12.1. The zero-order valence-corrected chi connectivity index (χ0v) is 12.7. The van der Waals surface area contributed by atoms with Crippen LogP contribution in [0.5, 0.6) is 0 Å². The smallest absolute Gasteiger partial charge is 0.152 e. The van der Waals surface area contributed by atoms with Crippen LogP contribution in [0.1, 0.15) is 29.9 Å². The average Bonchev–Trinajstić information content (AvgIpc) is 2.37. The van der Waals surface area contributed by atoms with Gasteiger partial charge in [0, 0.05) is 17.3 Å². The molecule has 0 aliphatic heterocycles. The summed E-state index contributed by atoms with van der Waals surface area (Å²) < 4.78 is 0. The summed E-state index contributed by atoms with van der Waals surface area (Å²) in [5.74, 6) is 0.586. The van der Waals surface area contributed by atoms with E-state index in [1.807, 2.05) is 25.1 Å². The van der Waals surface area contributed by atoms with Crippen molar-refractivity contribution in [3.63, 3.8) is 0 Å². The van der Waals surface area contributed by atoms with Crippen LogP contribution in [0.3, 0.4) is 0 Å². The second-order valence-electron chi connectivity index (χ2n) is 5.42. The lowest BCUT2D eigenvalue weighted by Gasteiger charge is -2.37. The Morgan fingerprint density at radius 2 is 2.00 bits per heavy atom. The fourth-order valence-corrected chi connectivity index (χ4v) is 3.00. The van der Waals surface area contributed by atoms with E-state index in [0.29, 0.717) is 17.1 Å². The van der Waals surface area contributed by atoms with Crippen molar-refractivity contribution in [2.45, 2.75) is 31.7 Å². The van der Waals surface area contributed by atoms with Crippen LogP contribution in [0.25, 0.3) is 0 Å². The van der Waals surface area contributed by atoms with Crippen LogP contribution in [-0.4, -0.2) is 11.0 Å². The van der Waals surface area contributed by atoms with E-state index in [2.05, 4.69) is 22.4 Å². The van der Waals surface area contributed by atoms with Gasteiger partial charge in [-0.25, -0.2) is 4.98 Å². The summed E-state index contributed by atoms with van der Waals surface area (Å²) in [6, 6.07) is 10.6. The Bertz CT molecular complexity index is 622. The summed E-state index contributed by atoms with van der Waals surface area (Å²) in [6.45, 7) is 2.02. The van der Waals surface area contributed by atoms with Gasteiger partial charge in [-0.05, 0) is 55.0 Å². The normalized spacial score (nSPS) is 21.4. The van der Waals surface area contributed by atoms with Gasteiger partial charge in [-0.1, -0.05) is 35.3 Å². The van der Waals surface area contributed by atoms with Crippen LogP contribution in [-0.2, 0) is 0 Å².